The van der Waals surface area contributed by atoms with Gasteiger partial charge in [0.05, 0.1) is 19.3 Å². The predicted octanol–water partition coefficient (Wildman–Crippen LogP) is 0.816. The van der Waals surface area contributed by atoms with Gasteiger partial charge in [-0.25, -0.2) is 0 Å². The molecule has 0 radical (unpaired) electrons. The molecule has 1 saturated heterocycles. The number of ether oxygens (including phenoxy) is 1. The molecule has 2 unspecified atom stereocenters. The summed E-state index contributed by atoms with van der Waals surface area (Å²) in [6.45, 7) is 9.35. The summed E-state index contributed by atoms with van der Waals surface area (Å²) >= 11 is 0. The largest absolute Gasteiger partial charge is 0.374 e. The van der Waals surface area contributed by atoms with Crippen molar-refractivity contribution < 1.29 is 9.26 Å². The summed E-state index contributed by atoms with van der Waals surface area (Å²) < 4.78 is 10.9. The molecule has 6 nitrogen and oxygen atoms in total. The van der Waals surface area contributed by atoms with E-state index in [0.717, 1.165) is 25.3 Å². The third kappa shape index (κ3) is 4.26. The van der Waals surface area contributed by atoms with E-state index in [2.05, 4.69) is 28.9 Å². The molecule has 1 fully saturated rings. The Morgan fingerprint density at radius 2 is 2.21 bits per heavy atom. The Balaban J connectivity index is 1.88. The maximum absolute atomic E-state index is 5.88. The molecule has 1 aliphatic heterocycles. The number of nitrogens with two attached hydrogens (primary N) is 1. The van der Waals surface area contributed by atoms with Crippen molar-refractivity contribution in [2.75, 3.05) is 19.7 Å². The first kappa shape index (κ1) is 14.4. The summed E-state index contributed by atoms with van der Waals surface area (Å²) in [5.74, 6) is 2.01. The van der Waals surface area contributed by atoms with Gasteiger partial charge in [0.15, 0.2) is 5.82 Å². The minimum absolute atomic E-state index is 0.0435. The van der Waals surface area contributed by atoms with Crippen LogP contribution in [0.1, 0.15) is 32.5 Å². The predicted molar refractivity (Wildman–Crippen MR) is 71.5 cm³/mol. The molecule has 0 saturated carbocycles. The summed E-state index contributed by atoms with van der Waals surface area (Å²) in [7, 11) is 0. The highest BCUT2D eigenvalue weighted by Crippen LogP contribution is 2.12. The van der Waals surface area contributed by atoms with E-state index in [0.29, 0.717) is 25.0 Å². The molecule has 1 aliphatic rings. The van der Waals surface area contributed by atoms with Crippen LogP contribution in [0.25, 0.3) is 0 Å². The maximum Gasteiger partial charge on any atom is 0.240 e. The Kier molecular flexibility index (Phi) is 4.90. The summed E-state index contributed by atoms with van der Waals surface area (Å²) in [4.78, 5) is 6.68. The molecule has 2 heterocycles. The van der Waals surface area contributed by atoms with Crippen molar-refractivity contribution in [3.05, 3.63) is 11.7 Å². The lowest BCUT2D eigenvalue weighted by Crippen LogP contribution is -2.49. The van der Waals surface area contributed by atoms with Gasteiger partial charge in [-0.15, -0.1) is 0 Å². The highest BCUT2D eigenvalue weighted by Gasteiger charge is 2.24. The van der Waals surface area contributed by atoms with Crippen LogP contribution in [0.15, 0.2) is 4.52 Å². The molecule has 0 aliphatic carbocycles. The monoisotopic (exact) mass is 268 g/mol. The zero-order valence-corrected chi connectivity index (χ0v) is 12.0. The third-order valence-corrected chi connectivity index (χ3v) is 3.22. The van der Waals surface area contributed by atoms with Crippen molar-refractivity contribution in [1.82, 2.24) is 15.0 Å². The summed E-state index contributed by atoms with van der Waals surface area (Å²) in [5.41, 5.74) is 5.88. The Bertz CT molecular complexity index is 392. The number of hydrogen-bond donors (Lipinski definition) is 1. The number of aromatic nitrogens is 2. The first-order valence-electron chi connectivity index (χ1n) is 6.95. The molecule has 6 heteroatoms. The zero-order chi connectivity index (χ0) is 13.8. The van der Waals surface area contributed by atoms with Crippen LogP contribution < -0.4 is 5.73 Å². The van der Waals surface area contributed by atoms with Crippen molar-refractivity contribution in [1.29, 1.82) is 0 Å². The highest BCUT2D eigenvalue weighted by molar-refractivity contribution is 4.89. The summed E-state index contributed by atoms with van der Waals surface area (Å²) in [6, 6.07) is 0.0435. The fraction of sp³-hybridized carbons (Fsp3) is 0.846. The first-order valence-corrected chi connectivity index (χ1v) is 6.95. The quantitative estimate of drug-likeness (QED) is 0.851. The highest BCUT2D eigenvalue weighted by atomic mass is 16.5. The Hall–Kier alpha value is -0.980. The number of morpholine rings is 1. The molecule has 0 bridgehead atoms. The lowest BCUT2D eigenvalue weighted by molar-refractivity contribution is -0.0427. The Morgan fingerprint density at radius 3 is 2.89 bits per heavy atom. The molecule has 19 heavy (non-hydrogen) atoms. The molecule has 1 aromatic rings. The lowest BCUT2D eigenvalue weighted by atomic mass is 10.1. The fourth-order valence-corrected chi connectivity index (χ4v) is 2.19. The Morgan fingerprint density at radius 1 is 1.42 bits per heavy atom. The van der Waals surface area contributed by atoms with Gasteiger partial charge in [0.25, 0.3) is 0 Å². The van der Waals surface area contributed by atoms with Crippen LogP contribution in [0.5, 0.6) is 0 Å². The van der Waals surface area contributed by atoms with Gasteiger partial charge in [-0.2, -0.15) is 4.98 Å². The molecule has 0 spiro atoms. The minimum Gasteiger partial charge on any atom is -0.374 e. The van der Waals surface area contributed by atoms with Crippen LogP contribution in [0.2, 0.25) is 0 Å². The number of nitrogens with zero attached hydrogens (tertiary/aromatic N) is 3. The van der Waals surface area contributed by atoms with E-state index in [1.165, 1.54) is 0 Å². The van der Waals surface area contributed by atoms with Gasteiger partial charge in [-0.05, 0) is 12.8 Å². The van der Waals surface area contributed by atoms with E-state index in [4.69, 9.17) is 15.0 Å². The van der Waals surface area contributed by atoms with Crippen LogP contribution in [0.4, 0.5) is 0 Å². The van der Waals surface area contributed by atoms with Gasteiger partial charge in [0, 0.05) is 25.6 Å². The smallest absolute Gasteiger partial charge is 0.240 e. The van der Waals surface area contributed by atoms with Gasteiger partial charge in [0.2, 0.25) is 5.89 Å². The Labute approximate surface area is 114 Å². The van der Waals surface area contributed by atoms with Crippen molar-refractivity contribution in [2.45, 2.75) is 45.9 Å². The maximum atomic E-state index is 5.88. The lowest BCUT2D eigenvalue weighted by Gasteiger charge is -2.33. The molecule has 2 atom stereocenters. The van der Waals surface area contributed by atoms with E-state index in [1.807, 2.05) is 6.92 Å². The molecule has 0 aromatic carbocycles. The van der Waals surface area contributed by atoms with Gasteiger partial charge in [0.1, 0.15) is 0 Å². The van der Waals surface area contributed by atoms with E-state index in [9.17, 15) is 0 Å². The molecule has 2 N–H and O–H groups in total. The minimum atomic E-state index is 0.0435. The average molecular weight is 268 g/mol. The third-order valence-electron chi connectivity index (χ3n) is 3.22. The first-order chi connectivity index (χ1) is 9.04. The molecular weight excluding hydrogens is 244 g/mol. The summed E-state index contributed by atoms with van der Waals surface area (Å²) in [5, 5.41) is 4.01. The zero-order valence-electron chi connectivity index (χ0n) is 12.0. The molecule has 1 aromatic heterocycles. The van der Waals surface area contributed by atoms with Crippen molar-refractivity contribution >= 4 is 0 Å². The summed E-state index contributed by atoms with van der Waals surface area (Å²) in [6.07, 6.45) is 0.946. The van der Waals surface area contributed by atoms with Gasteiger partial charge < -0.3 is 15.0 Å². The standard InChI is InChI=1S/C13H24N4O2/c1-9(2)6-12-15-13(19-16-12)8-17-4-5-18-11(7-17)10(3)14/h9-11H,4-8,14H2,1-3H3. The fourth-order valence-electron chi connectivity index (χ4n) is 2.19. The van der Waals surface area contributed by atoms with Crippen LogP contribution in [0.3, 0.4) is 0 Å². The molecule has 2 rings (SSSR count). The van der Waals surface area contributed by atoms with Crippen LogP contribution in [-0.2, 0) is 17.7 Å². The number of rotatable bonds is 5. The van der Waals surface area contributed by atoms with E-state index in [1.54, 1.807) is 0 Å². The van der Waals surface area contributed by atoms with Gasteiger partial charge >= 0.3 is 0 Å². The number of hydrogen-bond acceptors (Lipinski definition) is 6. The SMILES string of the molecule is CC(C)Cc1noc(CN2CCOC(C(C)N)C2)n1. The van der Waals surface area contributed by atoms with Crippen molar-refractivity contribution in [2.24, 2.45) is 11.7 Å². The van der Waals surface area contributed by atoms with Gasteiger partial charge in [-0.3, -0.25) is 4.90 Å². The van der Waals surface area contributed by atoms with Crippen molar-refractivity contribution in [3.63, 3.8) is 0 Å². The average Bonchev–Trinajstić information content (AvgIpc) is 2.76. The van der Waals surface area contributed by atoms with E-state index < -0.39 is 0 Å². The van der Waals surface area contributed by atoms with E-state index in [-0.39, 0.29) is 12.1 Å². The normalized spacial score (nSPS) is 22.9. The van der Waals surface area contributed by atoms with E-state index >= 15 is 0 Å². The second kappa shape index (κ2) is 6.45. The van der Waals surface area contributed by atoms with Crippen LogP contribution >= 0.6 is 0 Å². The van der Waals surface area contributed by atoms with Gasteiger partial charge in [-0.1, -0.05) is 19.0 Å². The molecule has 0 amide bonds. The second-order valence-electron chi connectivity index (χ2n) is 5.71. The van der Waals surface area contributed by atoms with Crippen molar-refractivity contribution in [3.8, 4) is 0 Å². The van der Waals surface area contributed by atoms with Crippen LogP contribution in [0, 0.1) is 5.92 Å². The topological polar surface area (TPSA) is 77.4 Å². The molecular formula is C13H24N4O2. The van der Waals surface area contributed by atoms with Crippen LogP contribution in [-0.4, -0.2) is 46.9 Å². The second-order valence-corrected chi connectivity index (χ2v) is 5.71. The molecule has 108 valence electrons.